The van der Waals surface area contributed by atoms with E-state index in [9.17, 15) is 0 Å². The van der Waals surface area contributed by atoms with Crippen LogP contribution in [0.15, 0.2) is 10.5 Å². The van der Waals surface area contributed by atoms with Gasteiger partial charge in [0.1, 0.15) is 0 Å². The molecule has 1 aliphatic rings. The molecule has 0 atom stereocenters. The monoisotopic (exact) mass is 292 g/mol. The van der Waals surface area contributed by atoms with Crippen LogP contribution in [-0.2, 0) is 0 Å². The summed E-state index contributed by atoms with van der Waals surface area (Å²) < 4.78 is 1.20. The van der Waals surface area contributed by atoms with E-state index in [-0.39, 0.29) is 0 Å². The molecule has 74 valence electrons. The second-order valence-electron chi connectivity index (χ2n) is 3.11. The fourth-order valence-electron chi connectivity index (χ4n) is 1.55. The van der Waals surface area contributed by atoms with Crippen molar-refractivity contribution in [2.45, 2.75) is 19.3 Å². The van der Waals surface area contributed by atoms with Crippen molar-refractivity contribution in [2.24, 2.45) is 0 Å². The van der Waals surface area contributed by atoms with E-state index in [2.05, 4.69) is 26.1 Å². The second-order valence-corrected chi connectivity index (χ2v) is 4.81. The molecule has 0 aromatic carbocycles. The molecule has 0 spiro atoms. The quantitative estimate of drug-likeness (QED) is 0.780. The first-order valence-corrected chi connectivity index (χ1v) is 5.80. The number of allylic oxidation sites excluding steroid dienone is 2. The Kier molecular flexibility index (Phi) is 3.10. The van der Waals surface area contributed by atoms with Gasteiger partial charge in [-0.3, -0.25) is 0 Å². The lowest BCUT2D eigenvalue weighted by atomic mass is 10.1. The van der Waals surface area contributed by atoms with Crippen LogP contribution in [0.3, 0.4) is 0 Å². The third-order valence-corrected chi connectivity index (χ3v) is 3.53. The Labute approximate surface area is 100 Å². The molecular weight excluding hydrogens is 287 g/mol. The average Bonchev–Trinajstić information content (AvgIpc) is 2.56. The van der Waals surface area contributed by atoms with E-state index in [4.69, 9.17) is 23.2 Å². The first-order chi connectivity index (χ1) is 6.68. The predicted molar refractivity (Wildman–Crippen MR) is 61.8 cm³/mol. The number of nitrogens with zero attached hydrogens (tertiary/aromatic N) is 2. The Morgan fingerprint density at radius 1 is 1.21 bits per heavy atom. The fourth-order valence-corrected chi connectivity index (χ4v) is 2.60. The van der Waals surface area contributed by atoms with Gasteiger partial charge in [0.05, 0.1) is 0 Å². The summed E-state index contributed by atoms with van der Waals surface area (Å²) in [7, 11) is 0. The van der Waals surface area contributed by atoms with Gasteiger partial charge in [0, 0.05) is 5.56 Å². The standard InChI is InChI=1S/C9H7BrCl2N2/c10-7-3-1-2-5(7)6-4-8(11)13-14-9(6)12/h4H,1-3H2. The molecule has 0 bridgehead atoms. The maximum Gasteiger partial charge on any atom is 0.159 e. The maximum atomic E-state index is 5.95. The zero-order valence-electron chi connectivity index (χ0n) is 7.23. The van der Waals surface area contributed by atoms with Gasteiger partial charge in [-0.15, -0.1) is 10.2 Å². The Balaban J connectivity index is 2.50. The molecule has 0 radical (unpaired) electrons. The molecule has 5 heteroatoms. The minimum absolute atomic E-state index is 0.379. The van der Waals surface area contributed by atoms with Crippen LogP contribution in [0.1, 0.15) is 24.8 Å². The molecule has 0 N–H and O–H groups in total. The van der Waals surface area contributed by atoms with Crippen LogP contribution in [0.25, 0.3) is 5.57 Å². The van der Waals surface area contributed by atoms with Gasteiger partial charge >= 0.3 is 0 Å². The Bertz CT molecular complexity index is 404. The van der Waals surface area contributed by atoms with Gasteiger partial charge in [-0.2, -0.15) is 0 Å². The van der Waals surface area contributed by atoms with Crippen LogP contribution in [0.4, 0.5) is 0 Å². The van der Waals surface area contributed by atoms with Crippen LogP contribution in [-0.4, -0.2) is 10.2 Å². The van der Waals surface area contributed by atoms with Crippen LogP contribution >= 0.6 is 39.1 Å². The maximum absolute atomic E-state index is 5.95. The van der Waals surface area contributed by atoms with Gasteiger partial charge in [0.15, 0.2) is 10.3 Å². The summed E-state index contributed by atoms with van der Waals surface area (Å²) in [5.41, 5.74) is 2.10. The number of hydrogen-bond acceptors (Lipinski definition) is 2. The molecule has 1 aromatic rings. The van der Waals surface area contributed by atoms with E-state index in [0.29, 0.717) is 10.3 Å². The normalized spacial score (nSPS) is 16.5. The summed E-state index contributed by atoms with van der Waals surface area (Å²) in [6.07, 6.45) is 3.22. The Hall–Kier alpha value is -0.120. The molecule has 0 fully saturated rings. The lowest BCUT2D eigenvalue weighted by molar-refractivity contribution is 0.929. The summed E-state index contributed by atoms with van der Waals surface area (Å²) in [6.45, 7) is 0. The van der Waals surface area contributed by atoms with E-state index in [0.717, 1.165) is 24.8 Å². The summed E-state index contributed by atoms with van der Waals surface area (Å²) >= 11 is 15.3. The molecule has 1 aliphatic carbocycles. The van der Waals surface area contributed by atoms with Crippen LogP contribution < -0.4 is 0 Å². The average molecular weight is 294 g/mol. The van der Waals surface area contributed by atoms with Crippen molar-refractivity contribution in [1.82, 2.24) is 10.2 Å². The zero-order chi connectivity index (χ0) is 10.1. The molecule has 1 heterocycles. The molecule has 0 saturated heterocycles. The number of aromatic nitrogens is 2. The topological polar surface area (TPSA) is 25.8 Å². The smallest absolute Gasteiger partial charge is 0.137 e. The predicted octanol–water partition coefficient (Wildman–Crippen LogP) is 4.07. The van der Waals surface area contributed by atoms with E-state index in [1.165, 1.54) is 10.1 Å². The first kappa shape index (κ1) is 10.4. The van der Waals surface area contributed by atoms with Crippen molar-refractivity contribution in [3.05, 3.63) is 26.4 Å². The van der Waals surface area contributed by atoms with Gasteiger partial charge in [0.2, 0.25) is 0 Å². The molecule has 0 aliphatic heterocycles. The van der Waals surface area contributed by atoms with E-state index in [1.54, 1.807) is 6.07 Å². The first-order valence-electron chi connectivity index (χ1n) is 4.25. The summed E-state index contributed by atoms with van der Waals surface area (Å²) in [5.74, 6) is 0. The molecule has 2 rings (SSSR count). The van der Waals surface area contributed by atoms with Gasteiger partial charge < -0.3 is 0 Å². The Morgan fingerprint density at radius 2 is 2.00 bits per heavy atom. The third-order valence-electron chi connectivity index (χ3n) is 2.19. The second kappa shape index (κ2) is 4.17. The van der Waals surface area contributed by atoms with Gasteiger partial charge in [-0.25, -0.2) is 0 Å². The molecule has 0 unspecified atom stereocenters. The summed E-state index contributed by atoms with van der Waals surface area (Å²) in [6, 6.07) is 1.76. The SMILES string of the molecule is Clc1cc(C2=C(Br)CCC2)c(Cl)nn1. The van der Waals surface area contributed by atoms with Crippen molar-refractivity contribution in [2.75, 3.05) is 0 Å². The Morgan fingerprint density at radius 3 is 2.64 bits per heavy atom. The van der Waals surface area contributed by atoms with Crippen LogP contribution in [0.2, 0.25) is 10.3 Å². The molecule has 0 amide bonds. The largest absolute Gasteiger partial charge is 0.159 e. The van der Waals surface area contributed by atoms with Gasteiger partial charge in [-0.05, 0) is 35.4 Å². The molecule has 2 nitrogen and oxygen atoms in total. The number of hydrogen-bond donors (Lipinski definition) is 0. The lowest BCUT2D eigenvalue weighted by Gasteiger charge is -2.04. The van der Waals surface area contributed by atoms with Gasteiger partial charge in [0.25, 0.3) is 0 Å². The fraction of sp³-hybridized carbons (Fsp3) is 0.333. The third kappa shape index (κ3) is 1.95. The molecule has 1 aromatic heterocycles. The number of rotatable bonds is 1. The van der Waals surface area contributed by atoms with Crippen molar-refractivity contribution in [3.8, 4) is 0 Å². The van der Waals surface area contributed by atoms with E-state index < -0.39 is 0 Å². The van der Waals surface area contributed by atoms with Crippen molar-refractivity contribution in [3.63, 3.8) is 0 Å². The highest BCUT2D eigenvalue weighted by atomic mass is 79.9. The van der Waals surface area contributed by atoms with E-state index in [1.807, 2.05) is 0 Å². The highest BCUT2D eigenvalue weighted by molar-refractivity contribution is 9.11. The summed E-state index contributed by atoms with van der Waals surface area (Å²) in [5, 5.41) is 8.27. The lowest BCUT2D eigenvalue weighted by Crippen LogP contribution is -1.91. The summed E-state index contributed by atoms with van der Waals surface area (Å²) in [4.78, 5) is 0. The van der Waals surface area contributed by atoms with Crippen LogP contribution in [0, 0.1) is 0 Å². The van der Waals surface area contributed by atoms with E-state index >= 15 is 0 Å². The number of halogens is 3. The molecular formula is C9H7BrCl2N2. The minimum atomic E-state index is 0.379. The van der Waals surface area contributed by atoms with Crippen LogP contribution in [0.5, 0.6) is 0 Å². The minimum Gasteiger partial charge on any atom is -0.137 e. The zero-order valence-corrected chi connectivity index (χ0v) is 10.3. The highest BCUT2D eigenvalue weighted by Crippen LogP contribution is 2.39. The van der Waals surface area contributed by atoms with Gasteiger partial charge in [-0.1, -0.05) is 39.1 Å². The van der Waals surface area contributed by atoms with Crippen molar-refractivity contribution in [1.29, 1.82) is 0 Å². The molecule has 14 heavy (non-hydrogen) atoms. The van der Waals surface area contributed by atoms with Crippen molar-refractivity contribution >= 4 is 44.7 Å². The highest BCUT2D eigenvalue weighted by Gasteiger charge is 2.17. The molecule has 0 saturated carbocycles. The van der Waals surface area contributed by atoms with Crippen molar-refractivity contribution < 1.29 is 0 Å².